The van der Waals surface area contributed by atoms with Crippen LogP contribution in [0.15, 0.2) is 16.8 Å². The molecule has 3 aliphatic carbocycles. The molecule has 4 rings (SSSR count). The lowest BCUT2D eigenvalue weighted by molar-refractivity contribution is -0.00137. The summed E-state index contributed by atoms with van der Waals surface area (Å²) in [7, 11) is 0. The van der Waals surface area contributed by atoms with Crippen LogP contribution in [0.3, 0.4) is 0 Å². The van der Waals surface area contributed by atoms with Crippen molar-refractivity contribution in [1.29, 1.82) is 0 Å². The van der Waals surface area contributed by atoms with Gasteiger partial charge in [0.05, 0.1) is 6.21 Å². The number of hydrogen-bond donors (Lipinski definition) is 0. The third-order valence-electron chi connectivity index (χ3n) is 5.21. The molecule has 1 saturated heterocycles. The fourth-order valence-electron chi connectivity index (χ4n) is 3.69. The number of hydrogen-bond acceptors (Lipinski definition) is 2. The average Bonchev–Trinajstić information content (AvgIpc) is 2.37. The highest BCUT2D eigenvalue weighted by atomic mass is 15.4. The van der Waals surface area contributed by atoms with Gasteiger partial charge in [-0.15, -0.1) is 0 Å². The first-order valence-corrected chi connectivity index (χ1v) is 7.17. The lowest BCUT2D eigenvalue weighted by Gasteiger charge is -2.55. The molecule has 2 atom stereocenters. The third-order valence-corrected chi connectivity index (χ3v) is 5.21. The summed E-state index contributed by atoms with van der Waals surface area (Å²) in [5.41, 5.74) is 2.03. The zero-order valence-corrected chi connectivity index (χ0v) is 11.2. The zero-order valence-electron chi connectivity index (χ0n) is 11.2. The summed E-state index contributed by atoms with van der Waals surface area (Å²) >= 11 is 0. The van der Waals surface area contributed by atoms with Gasteiger partial charge in [-0.2, -0.15) is 5.10 Å². The van der Waals surface area contributed by atoms with Crippen LogP contribution in [0.5, 0.6) is 0 Å². The summed E-state index contributed by atoms with van der Waals surface area (Å²) in [6, 6.07) is 0. The Balaban J connectivity index is 1.65. The Hall–Kier alpha value is -0.790. The molecule has 0 unspecified atom stereocenters. The van der Waals surface area contributed by atoms with Crippen LogP contribution in [-0.2, 0) is 0 Å². The van der Waals surface area contributed by atoms with E-state index < -0.39 is 0 Å². The first-order valence-electron chi connectivity index (χ1n) is 7.17. The molecule has 1 saturated carbocycles. The van der Waals surface area contributed by atoms with Gasteiger partial charge in [-0.05, 0) is 54.9 Å². The molecule has 4 aliphatic rings. The molecule has 0 amide bonds. The summed E-state index contributed by atoms with van der Waals surface area (Å²) in [5.74, 6) is 1.70. The Kier molecular flexibility index (Phi) is 2.76. The minimum Gasteiger partial charge on any atom is -0.297 e. The molecule has 2 heteroatoms. The molecule has 2 bridgehead atoms. The van der Waals surface area contributed by atoms with Crippen LogP contribution in [0.1, 0.15) is 46.0 Å². The molecule has 0 N–H and O–H groups in total. The molecule has 0 radical (unpaired) electrons. The minimum absolute atomic E-state index is 0.526. The highest BCUT2D eigenvalue weighted by molar-refractivity contribution is 5.80. The molecule has 17 heavy (non-hydrogen) atoms. The molecule has 1 heterocycles. The van der Waals surface area contributed by atoms with Crippen LogP contribution in [-0.4, -0.2) is 24.3 Å². The fourth-order valence-corrected chi connectivity index (χ4v) is 3.69. The van der Waals surface area contributed by atoms with E-state index in [1.54, 1.807) is 0 Å². The normalized spacial score (nSPS) is 35.6. The number of allylic oxidation sites excluding steroid dienone is 2. The first-order chi connectivity index (χ1) is 8.18. The van der Waals surface area contributed by atoms with E-state index in [0.29, 0.717) is 5.41 Å². The average molecular weight is 232 g/mol. The molecular formula is C15H24N2. The molecule has 2 fully saturated rings. The van der Waals surface area contributed by atoms with Crippen molar-refractivity contribution in [3.63, 3.8) is 0 Å². The third kappa shape index (κ3) is 1.92. The molecule has 1 aliphatic heterocycles. The molecule has 0 aromatic heterocycles. The second-order valence-electron chi connectivity index (χ2n) is 6.51. The summed E-state index contributed by atoms with van der Waals surface area (Å²) in [6.45, 7) is 7.15. The maximum atomic E-state index is 4.69. The smallest absolute Gasteiger partial charge is 0.0502 e. The van der Waals surface area contributed by atoms with Gasteiger partial charge in [0.2, 0.25) is 0 Å². The van der Waals surface area contributed by atoms with Crippen molar-refractivity contribution in [2.75, 3.05) is 13.1 Å². The van der Waals surface area contributed by atoms with Crippen LogP contribution in [0, 0.1) is 17.3 Å². The van der Waals surface area contributed by atoms with Crippen molar-refractivity contribution < 1.29 is 0 Å². The van der Waals surface area contributed by atoms with Gasteiger partial charge in [-0.3, -0.25) is 5.01 Å². The number of nitrogens with zero attached hydrogens (tertiary/aromatic N) is 2. The van der Waals surface area contributed by atoms with E-state index in [4.69, 9.17) is 0 Å². The van der Waals surface area contributed by atoms with Crippen LogP contribution in [0.25, 0.3) is 0 Å². The monoisotopic (exact) mass is 232 g/mol. The van der Waals surface area contributed by atoms with E-state index in [0.717, 1.165) is 24.9 Å². The Morgan fingerprint density at radius 2 is 2.06 bits per heavy atom. The number of hydrazone groups is 1. The van der Waals surface area contributed by atoms with Crippen molar-refractivity contribution >= 4 is 6.21 Å². The van der Waals surface area contributed by atoms with Crippen LogP contribution >= 0.6 is 0 Å². The first kappa shape index (κ1) is 11.3. The maximum absolute atomic E-state index is 4.69. The van der Waals surface area contributed by atoms with Crippen molar-refractivity contribution in [3.05, 3.63) is 11.6 Å². The number of piperidine rings is 1. The summed E-state index contributed by atoms with van der Waals surface area (Å²) < 4.78 is 0. The number of fused-ring (bicyclic) bond motifs is 1. The Labute approximate surface area is 105 Å². The quantitative estimate of drug-likeness (QED) is 0.666. The fraction of sp³-hybridized carbons (Fsp3) is 0.800. The summed E-state index contributed by atoms with van der Waals surface area (Å²) in [6.07, 6.45) is 11.3. The topological polar surface area (TPSA) is 15.6 Å². The van der Waals surface area contributed by atoms with Crippen molar-refractivity contribution in [3.8, 4) is 0 Å². The van der Waals surface area contributed by atoms with Gasteiger partial charge in [0.1, 0.15) is 0 Å². The lowest BCUT2D eigenvalue weighted by atomic mass is 9.49. The van der Waals surface area contributed by atoms with E-state index >= 15 is 0 Å². The molecule has 0 aromatic rings. The standard InChI is InChI=1S/C15H24N2/c1-15(2)13-7-6-12(14(15)10-13)11-16-17-8-4-3-5-9-17/h6,11,13-14H,3-5,7-10H2,1-2H3/t13-,14+/m0/s1. The highest BCUT2D eigenvalue weighted by Crippen LogP contribution is 2.58. The van der Waals surface area contributed by atoms with Crippen LogP contribution in [0.2, 0.25) is 0 Å². The zero-order chi connectivity index (χ0) is 11.9. The van der Waals surface area contributed by atoms with Gasteiger partial charge >= 0.3 is 0 Å². The van der Waals surface area contributed by atoms with Crippen LogP contribution in [0.4, 0.5) is 0 Å². The van der Waals surface area contributed by atoms with Gasteiger partial charge in [0.15, 0.2) is 0 Å². The SMILES string of the molecule is CC1(C)[C@H]2CC=C(C=NN3CCCCC3)[C@H]1C2. The number of rotatable bonds is 2. The van der Waals surface area contributed by atoms with Gasteiger partial charge in [0.25, 0.3) is 0 Å². The largest absolute Gasteiger partial charge is 0.297 e. The van der Waals surface area contributed by atoms with Gasteiger partial charge in [-0.1, -0.05) is 19.9 Å². The van der Waals surface area contributed by atoms with Gasteiger partial charge in [0, 0.05) is 13.1 Å². The Bertz CT molecular complexity index is 348. The minimum atomic E-state index is 0.526. The van der Waals surface area contributed by atoms with E-state index in [1.807, 2.05) is 0 Å². The van der Waals surface area contributed by atoms with E-state index in [2.05, 4.69) is 36.2 Å². The van der Waals surface area contributed by atoms with E-state index in [-0.39, 0.29) is 0 Å². The Morgan fingerprint density at radius 1 is 1.29 bits per heavy atom. The second-order valence-corrected chi connectivity index (χ2v) is 6.51. The van der Waals surface area contributed by atoms with E-state index in [9.17, 15) is 0 Å². The summed E-state index contributed by atoms with van der Waals surface area (Å²) in [4.78, 5) is 0. The predicted molar refractivity (Wildman–Crippen MR) is 72.0 cm³/mol. The second kappa shape index (κ2) is 4.15. The Morgan fingerprint density at radius 3 is 2.71 bits per heavy atom. The predicted octanol–water partition coefficient (Wildman–Crippen LogP) is 3.45. The lowest BCUT2D eigenvalue weighted by Crippen LogP contribution is -2.48. The maximum Gasteiger partial charge on any atom is 0.0502 e. The molecule has 0 aromatic carbocycles. The molecule has 94 valence electrons. The molecule has 0 spiro atoms. The van der Waals surface area contributed by atoms with Crippen molar-refractivity contribution in [2.24, 2.45) is 22.4 Å². The summed E-state index contributed by atoms with van der Waals surface area (Å²) in [5, 5.41) is 6.94. The molecule has 2 nitrogen and oxygen atoms in total. The van der Waals surface area contributed by atoms with Gasteiger partial charge < -0.3 is 0 Å². The molecular weight excluding hydrogens is 208 g/mol. The highest BCUT2D eigenvalue weighted by Gasteiger charge is 2.50. The van der Waals surface area contributed by atoms with Gasteiger partial charge in [-0.25, -0.2) is 0 Å². The van der Waals surface area contributed by atoms with Crippen LogP contribution < -0.4 is 0 Å². The van der Waals surface area contributed by atoms with E-state index in [1.165, 1.54) is 37.7 Å². The van der Waals surface area contributed by atoms with Crippen molar-refractivity contribution in [2.45, 2.75) is 46.0 Å². The van der Waals surface area contributed by atoms with Crippen molar-refractivity contribution in [1.82, 2.24) is 5.01 Å².